The Morgan fingerprint density at radius 3 is 2.64 bits per heavy atom. The van der Waals surface area contributed by atoms with Crippen LogP contribution in [0, 0.1) is 0 Å². The second-order valence-electron chi connectivity index (χ2n) is 7.76. The lowest BCUT2D eigenvalue weighted by Crippen LogP contribution is -2.40. The number of rotatable bonds is 8. The summed E-state index contributed by atoms with van der Waals surface area (Å²) in [5, 5.41) is 4.86. The molecule has 168 valence electrons. The van der Waals surface area contributed by atoms with Gasteiger partial charge in [-0.2, -0.15) is 0 Å². The predicted molar refractivity (Wildman–Crippen MR) is 135 cm³/mol. The number of methoxy groups -OCH3 is 1. The minimum absolute atomic E-state index is 0.129. The Hall–Kier alpha value is -3.71. The molecule has 2 aromatic heterocycles. The maximum atomic E-state index is 12.8. The third kappa shape index (κ3) is 5.96. The molecule has 4 rings (SSSR count). The number of fused-ring (bicyclic) bond motifs is 1. The molecule has 0 aliphatic rings. The summed E-state index contributed by atoms with van der Waals surface area (Å²) in [5.41, 5.74) is 3.53. The Kier molecular flexibility index (Phi) is 7.32. The van der Waals surface area contributed by atoms with Crippen LogP contribution in [0.15, 0.2) is 83.9 Å². The number of ether oxygens (including phenoxy) is 1. The van der Waals surface area contributed by atoms with Gasteiger partial charge in [0.15, 0.2) is 5.11 Å². The summed E-state index contributed by atoms with van der Waals surface area (Å²) >= 11 is 5.73. The molecule has 0 bridgehead atoms. The number of benzene rings is 2. The summed E-state index contributed by atoms with van der Waals surface area (Å²) < 4.78 is 5.33. The molecule has 0 spiro atoms. The van der Waals surface area contributed by atoms with Gasteiger partial charge in [0.2, 0.25) is 0 Å². The molecule has 0 atom stereocenters. The average Bonchev–Trinajstić information content (AvgIpc) is 2.85. The topological polar surface area (TPSA) is 70.2 Å². The van der Waals surface area contributed by atoms with E-state index in [2.05, 4.69) is 27.4 Å². The Morgan fingerprint density at radius 2 is 1.88 bits per heavy atom. The fraction of sp³-hybridized carbons (Fsp3) is 0.192. The van der Waals surface area contributed by atoms with Crippen molar-refractivity contribution in [2.24, 2.45) is 0 Å². The van der Waals surface area contributed by atoms with Gasteiger partial charge in [0.05, 0.1) is 13.7 Å². The third-order valence-electron chi connectivity index (χ3n) is 5.41. The zero-order chi connectivity index (χ0) is 23.0. The first-order valence-corrected chi connectivity index (χ1v) is 11.2. The van der Waals surface area contributed by atoms with Crippen LogP contribution >= 0.6 is 12.2 Å². The highest BCUT2D eigenvalue weighted by Crippen LogP contribution is 2.19. The molecular formula is C26H26N4O2S. The number of thiocarbonyl (C=S) groups is 1. The van der Waals surface area contributed by atoms with Gasteiger partial charge in [0.1, 0.15) is 5.75 Å². The number of aromatic nitrogens is 2. The van der Waals surface area contributed by atoms with E-state index in [-0.39, 0.29) is 5.56 Å². The number of nitrogens with one attached hydrogen (secondary N) is 2. The third-order valence-corrected chi connectivity index (χ3v) is 5.81. The van der Waals surface area contributed by atoms with Crippen molar-refractivity contribution >= 4 is 28.2 Å². The van der Waals surface area contributed by atoms with Crippen LogP contribution in [0.3, 0.4) is 0 Å². The summed E-state index contributed by atoms with van der Waals surface area (Å²) in [4.78, 5) is 22.0. The van der Waals surface area contributed by atoms with Gasteiger partial charge >= 0.3 is 0 Å². The highest BCUT2D eigenvalue weighted by atomic mass is 32.1. The molecule has 2 N–H and O–H groups in total. The van der Waals surface area contributed by atoms with E-state index in [1.165, 1.54) is 5.56 Å². The van der Waals surface area contributed by atoms with E-state index in [4.69, 9.17) is 17.0 Å². The summed E-state index contributed by atoms with van der Waals surface area (Å²) in [6.45, 7) is 1.62. The Morgan fingerprint density at radius 1 is 1.06 bits per heavy atom. The van der Waals surface area contributed by atoms with E-state index in [9.17, 15) is 4.79 Å². The van der Waals surface area contributed by atoms with E-state index in [0.717, 1.165) is 28.6 Å². The van der Waals surface area contributed by atoms with Gasteiger partial charge in [-0.15, -0.1) is 0 Å². The van der Waals surface area contributed by atoms with Gasteiger partial charge in [0, 0.05) is 41.9 Å². The quantitative estimate of drug-likeness (QED) is 0.388. The van der Waals surface area contributed by atoms with Crippen molar-refractivity contribution in [3.8, 4) is 5.75 Å². The van der Waals surface area contributed by atoms with Crippen LogP contribution in [0.25, 0.3) is 10.9 Å². The molecular weight excluding hydrogens is 432 g/mol. The molecule has 2 aromatic carbocycles. The van der Waals surface area contributed by atoms with Crippen molar-refractivity contribution in [2.45, 2.75) is 19.5 Å². The van der Waals surface area contributed by atoms with E-state index < -0.39 is 0 Å². The van der Waals surface area contributed by atoms with E-state index >= 15 is 0 Å². The standard InChI is InChI=1S/C26H26N4O2S/c1-32-23-9-10-24-21(15-23)14-22(25(31)29-24)18-30(17-20-8-5-12-27-16-20)26(33)28-13-11-19-6-3-2-4-7-19/h2-10,12,14-16H,11,13,17-18H2,1H3,(H,28,33)(H,29,31). The normalized spacial score (nSPS) is 10.7. The van der Waals surface area contributed by atoms with Crippen molar-refractivity contribution in [2.75, 3.05) is 13.7 Å². The Balaban J connectivity index is 1.54. The number of pyridine rings is 2. The maximum Gasteiger partial charge on any atom is 0.253 e. The maximum absolute atomic E-state index is 12.8. The molecule has 0 saturated heterocycles. The minimum atomic E-state index is -0.129. The SMILES string of the molecule is COc1ccc2[nH]c(=O)c(CN(Cc3cccnc3)C(=S)NCCc3ccccc3)cc2c1. The van der Waals surface area contributed by atoms with Gasteiger partial charge in [-0.1, -0.05) is 36.4 Å². The summed E-state index contributed by atoms with van der Waals surface area (Å²) in [6, 6.07) is 21.7. The lowest BCUT2D eigenvalue weighted by Gasteiger charge is -2.26. The van der Waals surface area contributed by atoms with Crippen molar-refractivity contribution in [1.29, 1.82) is 0 Å². The highest BCUT2D eigenvalue weighted by molar-refractivity contribution is 7.80. The molecule has 0 amide bonds. The van der Waals surface area contributed by atoms with E-state index in [1.54, 1.807) is 13.3 Å². The highest BCUT2D eigenvalue weighted by Gasteiger charge is 2.14. The summed E-state index contributed by atoms with van der Waals surface area (Å²) in [6.07, 6.45) is 4.42. The number of nitrogens with zero attached hydrogens (tertiary/aromatic N) is 2. The largest absolute Gasteiger partial charge is 0.497 e. The lowest BCUT2D eigenvalue weighted by atomic mass is 10.1. The van der Waals surface area contributed by atoms with Gasteiger partial charge in [-0.05, 0) is 60.1 Å². The van der Waals surface area contributed by atoms with Gasteiger partial charge in [0.25, 0.3) is 5.56 Å². The van der Waals surface area contributed by atoms with Crippen molar-refractivity contribution in [1.82, 2.24) is 20.2 Å². The number of hydrogen-bond donors (Lipinski definition) is 2. The molecule has 0 unspecified atom stereocenters. The van der Waals surface area contributed by atoms with E-state index in [0.29, 0.717) is 30.3 Å². The number of hydrogen-bond acceptors (Lipinski definition) is 4. The number of H-pyrrole nitrogens is 1. The second kappa shape index (κ2) is 10.7. The smallest absolute Gasteiger partial charge is 0.253 e. The second-order valence-corrected chi connectivity index (χ2v) is 8.15. The van der Waals surface area contributed by atoms with Crippen LogP contribution in [0.1, 0.15) is 16.7 Å². The molecule has 0 aliphatic heterocycles. The summed E-state index contributed by atoms with van der Waals surface area (Å²) in [7, 11) is 1.63. The first kappa shape index (κ1) is 22.5. The van der Waals surface area contributed by atoms with Gasteiger partial charge in [-0.3, -0.25) is 9.78 Å². The molecule has 0 radical (unpaired) electrons. The molecule has 0 aliphatic carbocycles. The molecule has 33 heavy (non-hydrogen) atoms. The average molecular weight is 459 g/mol. The van der Waals surface area contributed by atoms with Crippen molar-refractivity contribution < 1.29 is 4.74 Å². The molecule has 2 heterocycles. The van der Waals surface area contributed by atoms with Crippen LogP contribution in [0.2, 0.25) is 0 Å². The lowest BCUT2D eigenvalue weighted by molar-refractivity contribution is 0.397. The molecule has 4 aromatic rings. The van der Waals surface area contributed by atoms with Crippen molar-refractivity contribution in [3.05, 3.63) is 106 Å². The fourth-order valence-corrected chi connectivity index (χ4v) is 3.89. The zero-order valence-electron chi connectivity index (χ0n) is 18.5. The predicted octanol–water partition coefficient (Wildman–Crippen LogP) is 4.05. The van der Waals surface area contributed by atoms with Gasteiger partial charge in [-0.25, -0.2) is 0 Å². The van der Waals surface area contributed by atoms with Gasteiger partial charge < -0.3 is 19.9 Å². The van der Waals surface area contributed by atoms with Crippen molar-refractivity contribution in [3.63, 3.8) is 0 Å². The Labute approximate surface area is 198 Å². The summed E-state index contributed by atoms with van der Waals surface area (Å²) in [5.74, 6) is 0.741. The molecule has 7 heteroatoms. The van der Waals surface area contributed by atoms with Crippen LogP contribution in [0.4, 0.5) is 0 Å². The van der Waals surface area contributed by atoms with Crippen LogP contribution in [0.5, 0.6) is 5.75 Å². The first-order valence-electron chi connectivity index (χ1n) is 10.8. The van der Waals surface area contributed by atoms with E-state index in [1.807, 2.05) is 65.7 Å². The molecule has 0 fully saturated rings. The van der Waals surface area contributed by atoms with Crippen LogP contribution in [-0.2, 0) is 19.5 Å². The zero-order valence-corrected chi connectivity index (χ0v) is 19.3. The fourth-order valence-electron chi connectivity index (χ4n) is 3.66. The monoisotopic (exact) mass is 458 g/mol. The van der Waals surface area contributed by atoms with Crippen LogP contribution < -0.4 is 15.6 Å². The van der Waals surface area contributed by atoms with Crippen LogP contribution in [-0.4, -0.2) is 33.6 Å². The minimum Gasteiger partial charge on any atom is -0.497 e. The molecule has 6 nitrogen and oxygen atoms in total. The first-order chi connectivity index (χ1) is 16.1. The Bertz CT molecular complexity index is 1280. The molecule has 0 saturated carbocycles. The number of aromatic amines is 1.